The van der Waals surface area contributed by atoms with E-state index < -0.39 is 11.9 Å². The van der Waals surface area contributed by atoms with Crippen LogP contribution in [0.25, 0.3) is 10.6 Å². The molecular weight excluding hydrogens is 383 g/mol. The number of thiazole rings is 1. The van der Waals surface area contributed by atoms with Crippen molar-refractivity contribution in [3.8, 4) is 16.3 Å². The number of hydrogen-bond acceptors (Lipinski definition) is 5. The molecule has 126 valence electrons. The highest BCUT2D eigenvalue weighted by Gasteiger charge is 2.16. The average molecular weight is 393 g/mol. The number of halogens is 2. The zero-order valence-corrected chi connectivity index (χ0v) is 14.9. The fraction of sp³-hybridized carbons (Fsp3) is 0. The molecule has 0 saturated heterocycles. The maximum Gasteiger partial charge on any atom is 0.363 e. The lowest BCUT2D eigenvalue weighted by Gasteiger charge is -2.03. The van der Waals surface area contributed by atoms with Gasteiger partial charge in [0.1, 0.15) is 10.8 Å². The van der Waals surface area contributed by atoms with Crippen LogP contribution in [0.5, 0.6) is 5.75 Å². The quantitative estimate of drug-likeness (QED) is 0.525. The van der Waals surface area contributed by atoms with Gasteiger partial charge in [-0.2, -0.15) is 0 Å². The Balaban J connectivity index is 1.77. The molecule has 0 bridgehead atoms. The fourth-order valence-electron chi connectivity index (χ4n) is 2.00. The van der Waals surface area contributed by atoms with Crippen molar-refractivity contribution in [2.24, 2.45) is 5.73 Å². The van der Waals surface area contributed by atoms with Gasteiger partial charge < -0.3 is 10.5 Å². The molecule has 2 N–H and O–H groups in total. The van der Waals surface area contributed by atoms with Crippen LogP contribution in [-0.4, -0.2) is 16.9 Å². The molecule has 0 aliphatic heterocycles. The van der Waals surface area contributed by atoms with Crippen molar-refractivity contribution in [3.05, 3.63) is 69.1 Å². The fourth-order valence-corrected chi connectivity index (χ4v) is 3.38. The lowest BCUT2D eigenvalue weighted by molar-refractivity contribution is 0.0729. The molecule has 25 heavy (non-hydrogen) atoms. The molecule has 0 spiro atoms. The Bertz CT molecular complexity index is 955. The average Bonchev–Trinajstić information content (AvgIpc) is 3.05. The first-order valence-corrected chi connectivity index (χ1v) is 8.60. The second kappa shape index (κ2) is 7.23. The minimum Gasteiger partial charge on any atom is -0.422 e. The van der Waals surface area contributed by atoms with Gasteiger partial charge in [-0.15, -0.1) is 11.3 Å². The molecule has 0 saturated carbocycles. The molecule has 0 fully saturated rings. The van der Waals surface area contributed by atoms with Gasteiger partial charge in [0, 0.05) is 21.5 Å². The van der Waals surface area contributed by atoms with Crippen molar-refractivity contribution in [2.75, 3.05) is 0 Å². The molecule has 1 amide bonds. The number of nitrogens with two attached hydrogens (primary N) is 1. The summed E-state index contributed by atoms with van der Waals surface area (Å²) < 4.78 is 5.23. The standard InChI is InChI=1S/C17H10Cl2N2O3S/c18-10-3-6-12(13(19)7-10)16-21-14(8-25-16)17(23)24-11-4-1-9(2-5-11)15(20)22/h1-8H,(H2,20,22). The summed E-state index contributed by atoms with van der Waals surface area (Å²) >= 11 is 13.3. The molecular formula is C17H10Cl2N2O3S. The molecule has 0 aliphatic rings. The summed E-state index contributed by atoms with van der Waals surface area (Å²) in [6, 6.07) is 11.0. The number of carbonyl (C=O) groups is 2. The Labute approximate surface area is 157 Å². The summed E-state index contributed by atoms with van der Waals surface area (Å²) in [6.45, 7) is 0. The monoisotopic (exact) mass is 392 g/mol. The van der Waals surface area contributed by atoms with Crippen molar-refractivity contribution in [3.63, 3.8) is 0 Å². The van der Waals surface area contributed by atoms with E-state index in [9.17, 15) is 9.59 Å². The highest BCUT2D eigenvalue weighted by Crippen LogP contribution is 2.32. The first-order chi connectivity index (χ1) is 11.9. The van der Waals surface area contributed by atoms with E-state index in [2.05, 4.69) is 4.98 Å². The van der Waals surface area contributed by atoms with Gasteiger partial charge >= 0.3 is 5.97 Å². The summed E-state index contributed by atoms with van der Waals surface area (Å²) in [6.07, 6.45) is 0. The molecule has 1 heterocycles. The van der Waals surface area contributed by atoms with E-state index in [0.717, 1.165) is 0 Å². The Morgan fingerprint density at radius 3 is 2.44 bits per heavy atom. The predicted octanol–water partition coefficient (Wildman–Crippen LogP) is 4.44. The highest BCUT2D eigenvalue weighted by molar-refractivity contribution is 7.13. The van der Waals surface area contributed by atoms with Gasteiger partial charge in [-0.1, -0.05) is 23.2 Å². The number of hydrogen-bond donors (Lipinski definition) is 1. The van der Waals surface area contributed by atoms with Crippen LogP contribution in [0.15, 0.2) is 47.8 Å². The zero-order valence-electron chi connectivity index (χ0n) is 12.5. The topological polar surface area (TPSA) is 82.3 Å². The van der Waals surface area contributed by atoms with Crippen LogP contribution < -0.4 is 10.5 Å². The van der Waals surface area contributed by atoms with Gasteiger partial charge in [0.15, 0.2) is 5.69 Å². The van der Waals surface area contributed by atoms with Crippen molar-refractivity contribution in [2.45, 2.75) is 0 Å². The van der Waals surface area contributed by atoms with Crippen LogP contribution in [-0.2, 0) is 0 Å². The summed E-state index contributed by atoms with van der Waals surface area (Å²) in [5, 5.41) is 3.13. The van der Waals surface area contributed by atoms with E-state index >= 15 is 0 Å². The molecule has 8 heteroatoms. The van der Waals surface area contributed by atoms with Gasteiger partial charge in [0.25, 0.3) is 0 Å². The first kappa shape index (κ1) is 17.4. The van der Waals surface area contributed by atoms with Gasteiger partial charge in [0.05, 0.1) is 5.02 Å². The molecule has 3 rings (SSSR count). The lowest BCUT2D eigenvalue weighted by atomic mass is 10.2. The Morgan fingerprint density at radius 1 is 1.08 bits per heavy atom. The number of aromatic nitrogens is 1. The number of benzene rings is 2. The molecule has 2 aromatic carbocycles. The number of nitrogens with zero attached hydrogens (tertiary/aromatic N) is 1. The third kappa shape index (κ3) is 3.99. The molecule has 0 atom stereocenters. The van der Waals surface area contributed by atoms with Crippen LogP contribution in [0.2, 0.25) is 10.0 Å². The number of primary amides is 1. The van der Waals surface area contributed by atoms with E-state index in [1.165, 1.54) is 35.6 Å². The number of carbonyl (C=O) groups excluding carboxylic acids is 2. The number of esters is 1. The Kier molecular flexibility index (Phi) is 5.03. The first-order valence-electron chi connectivity index (χ1n) is 6.97. The molecule has 0 aliphatic carbocycles. The van der Waals surface area contributed by atoms with E-state index in [-0.39, 0.29) is 11.4 Å². The van der Waals surface area contributed by atoms with Gasteiger partial charge in [0.2, 0.25) is 5.91 Å². The van der Waals surface area contributed by atoms with E-state index in [1.54, 1.807) is 23.6 Å². The number of rotatable bonds is 4. The normalized spacial score (nSPS) is 10.5. The van der Waals surface area contributed by atoms with Crippen molar-refractivity contribution in [1.29, 1.82) is 0 Å². The minimum absolute atomic E-state index is 0.157. The lowest BCUT2D eigenvalue weighted by Crippen LogP contribution is -2.11. The van der Waals surface area contributed by atoms with E-state index in [0.29, 0.717) is 26.2 Å². The molecule has 1 aromatic heterocycles. The summed E-state index contributed by atoms with van der Waals surface area (Å²) in [5.41, 5.74) is 6.33. The van der Waals surface area contributed by atoms with Crippen LogP contribution in [0.4, 0.5) is 0 Å². The van der Waals surface area contributed by atoms with Crippen LogP contribution in [0.1, 0.15) is 20.8 Å². The highest BCUT2D eigenvalue weighted by atomic mass is 35.5. The van der Waals surface area contributed by atoms with Crippen LogP contribution >= 0.6 is 34.5 Å². The molecule has 3 aromatic rings. The van der Waals surface area contributed by atoms with E-state index in [4.69, 9.17) is 33.7 Å². The third-order valence-electron chi connectivity index (χ3n) is 3.22. The number of ether oxygens (including phenoxy) is 1. The molecule has 5 nitrogen and oxygen atoms in total. The van der Waals surface area contributed by atoms with Crippen LogP contribution in [0.3, 0.4) is 0 Å². The third-order valence-corrected chi connectivity index (χ3v) is 4.65. The maximum absolute atomic E-state index is 12.2. The summed E-state index contributed by atoms with van der Waals surface area (Å²) in [4.78, 5) is 27.5. The Morgan fingerprint density at radius 2 is 1.80 bits per heavy atom. The molecule has 0 unspecified atom stereocenters. The van der Waals surface area contributed by atoms with Gasteiger partial charge in [-0.3, -0.25) is 4.79 Å². The van der Waals surface area contributed by atoms with Crippen LogP contribution in [0, 0.1) is 0 Å². The smallest absolute Gasteiger partial charge is 0.363 e. The zero-order chi connectivity index (χ0) is 18.0. The van der Waals surface area contributed by atoms with Gasteiger partial charge in [-0.05, 0) is 42.5 Å². The SMILES string of the molecule is NC(=O)c1ccc(OC(=O)c2csc(-c3ccc(Cl)cc3Cl)n2)cc1. The van der Waals surface area contributed by atoms with Crippen molar-refractivity contribution >= 4 is 46.4 Å². The second-order valence-electron chi connectivity index (χ2n) is 4.94. The largest absolute Gasteiger partial charge is 0.422 e. The second-order valence-corrected chi connectivity index (χ2v) is 6.64. The summed E-state index contributed by atoms with van der Waals surface area (Å²) in [5.74, 6) is -0.879. The maximum atomic E-state index is 12.2. The predicted molar refractivity (Wildman–Crippen MR) is 97.5 cm³/mol. The summed E-state index contributed by atoms with van der Waals surface area (Å²) in [7, 11) is 0. The van der Waals surface area contributed by atoms with Crippen molar-refractivity contribution < 1.29 is 14.3 Å². The van der Waals surface area contributed by atoms with Gasteiger partial charge in [-0.25, -0.2) is 9.78 Å². The molecule has 0 radical (unpaired) electrons. The Hall–Kier alpha value is -2.41. The minimum atomic E-state index is -0.612. The van der Waals surface area contributed by atoms with Crippen molar-refractivity contribution in [1.82, 2.24) is 4.98 Å². The van der Waals surface area contributed by atoms with E-state index in [1.807, 2.05) is 0 Å². The number of amides is 1.